The van der Waals surface area contributed by atoms with Gasteiger partial charge in [-0.25, -0.2) is 4.39 Å². The third-order valence-corrected chi connectivity index (χ3v) is 4.64. The van der Waals surface area contributed by atoms with Gasteiger partial charge in [0, 0.05) is 23.2 Å². The second-order valence-electron chi connectivity index (χ2n) is 6.00. The fraction of sp³-hybridized carbons (Fsp3) is 0.316. The van der Waals surface area contributed by atoms with Crippen LogP contribution >= 0.6 is 15.9 Å². The lowest BCUT2D eigenvalue weighted by Crippen LogP contribution is -2.30. The van der Waals surface area contributed by atoms with Gasteiger partial charge < -0.3 is 15.0 Å². The highest BCUT2D eigenvalue weighted by Crippen LogP contribution is 2.25. The molecule has 2 aromatic carbocycles. The summed E-state index contributed by atoms with van der Waals surface area (Å²) in [7, 11) is 0. The number of nitrogens with one attached hydrogen (secondary N) is 1. The van der Waals surface area contributed by atoms with Gasteiger partial charge in [0.15, 0.2) is 6.61 Å². The molecule has 0 atom stereocenters. The normalized spacial score (nSPS) is 14.2. The average molecular weight is 407 g/mol. The molecular formula is C19H20BrFN2O2. The Morgan fingerprint density at radius 2 is 1.84 bits per heavy atom. The summed E-state index contributed by atoms with van der Waals surface area (Å²) in [6.45, 7) is 1.63. The molecule has 1 amide bonds. The van der Waals surface area contributed by atoms with E-state index in [0.717, 1.165) is 30.4 Å². The van der Waals surface area contributed by atoms with Crippen LogP contribution in [-0.4, -0.2) is 25.6 Å². The van der Waals surface area contributed by atoms with Crippen molar-refractivity contribution in [1.82, 2.24) is 0 Å². The van der Waals surface area contributed by atoms with Gasteiger partial charge in [-0.2, -0.15) is 0 Å². The summed E-state index contributed by atoms with van der Waals surface area (Å²) in [5.41, 5.74) is 1.03. The number of ether oxygens (including phenoxy) is 1. The first-order valence-corrected chi connectivity index (χ1v) is 9.14. The summed E-state index contributed by atoms with van der Waals surface area (Å²) < 4.78 is 20.7. The number of nitrogens with zero attached hydrogens (tertiary/aromatic N) is 1. The molecule has 0 bridgehead atoms. The summed E-state index contributed by atoms with van der Waals surface area (Å²) in [5, 5.41) is 2.66. The molecule has 0 aromatic heterocycles. The average Bonchev–Trinajstić information content (AvgIpc) is 2.62. The topological polar surface area (TPSA) is 41.6 Å². The van der Waals surface area contributed by atoms with E-state index in [9.17, 15) is 9.18 Å². The highest BCUT2D eigenvalue weighted by Gasteiger charge is 2.15. The summed E-state index contributed by atoms with van der Waals surface area (Å²) in [6.07, 6.45) is 3.38. The molecule has 6 heteroatoms. The lowest BCUT2D eigenvalue weighted by Gasteiger charge is -2.29. The Morgan fingerprint density at radius 1 is 1.12 bits per heavy atom. The SMILES string of the molecule is O=C(COc1ccc(Br)cc1)Nc1ccc(N2CCCCC2)c(F)c1. The van der Waals surface area contributed by atoms with Crippen LogP contribution < -0.4 is 15.0 Å². The highest BCUT2D eigenvalue weighted by atomic mass is 79.9. The molecule has 25 heavy (non-hydrogen) atoms. The molecule has 1 saturated heterocycles. The lowest BCUT2D eigenvalue weighted by atomic mass is 10.1. The monoisotopic (exact) mass is 406 g/mol. The number of hydrogen-bond donors (Lipinski definition) is 1. The Balaban J connectivity index is 1.55. The van der Waals surface area contributed by atoms with Crippen molar-refractivity contribution in [2.75, 3.05) is 29.9 Å². The van der Waals surface area contributed by atoms with Crippen molar-refractivity contribution in [3.8, 4) is 5.75 Å². The molecule has 4 nitrogen and oxygen atoms in total. The van der Waals surface area contributed by atoms with E-state index in [1.807, 2.05) is 12.1 Å². The van der Waals surface area contributed by atoms with Crippen LogP contribution in [0.3, 0.4) is 0 Å². The Bertz CT molecular complexity index is 731. The van der Waals surface area contributed by atoms with E-state index < -0.39 is 0 Å². The van der Waals surface area contributed by atoms with E-state index >= 15 is 0 Å². The minimum atomic E-state index is -0.326. The third kappa shape index (κ3) is 4.95. The van der Waals surface area contributed by atoms with E-state index in [1.54, 1.807) is 24.3 Å². The molecule has 3 rings (SSSR count). The van der Waals surface area contributed by atoms with Gasteiger partial charge in [0.25, 0.3) is 5.91 Å². The lowest BCUT2D eigenvalue weighted by molar-refractivity contribution is -0.118. The Morgan fingerprint density at radius 3 is 2.52 bits per heavy atom. The van der Waals surface area contributed by atoms with E-state index in [2.05, 4.69) is 26.1 Å². The number of rotatable bonds is 5. The number of piperidine rings is 1. The van der Waals surface area contributed by atoms with E-state index in [-0.39, 0.29) is 18.3 Å². The molecule has 1 heterocycles. The number of carbonyl (C=O) groups is 1. The number of halogens is 2. The molecule has 0 saturated carbocycles. The molecule has 132 valence electrons. The van der Waals surface area contributed by atoms with Crippen molar-refractivity contribution >= 4 is 33.2 Å². The van der Waals surface area contributed by atoms with Crippen LogP contribution in [0.1, 0.15) is 19.3 Å². The molecule has 1 aliphatic rings. The number of benzene rings is 2. The van der Waals surface area contributed by atoms with Crippen molar-refractivity contribution in [2.24, 2.45) is 0 Å². The van der Waals surface area contributed by atoms with E-state index in [1.165, 1.54) is 12.5 Å². The summed E-state index contributed by atoms with van der Waals surface area (Å²) in [5.74, 6) is -0.0356. The van der Waals surface area contributed by atoms with Gasteiger partial charge in [0.05, 0.1) is 5.69 Å². The van der Waals surface area contributed by atoms with Crippen LogP contribution in [0.25, 0.3) is 0 Å². The molecule has 0 radical (unpaired) electrons. The van der Waals surface area contributed by atoms with Gasteiger partial charge in [-0.05, 0) is 61.7 Å². The van der Waals surface area contributed by atoms with E-state index in [0.29, 0.717) is 17.1 Å². The summed E-state index contributed by atoms with van der Waals surface area (Å²) >= 11 is 3.34. The van der Waals surface area contributed by atoms with Crippen molar-refractivity contribution < 1.29 is 13.9 Å². The second-order valence-corrected chi connectivity index (χ2v) is 6.92. The molecular weight excluding hydrogens is 387 g/mol. The Labute approximate surface area is 155 Å². The van der Waals surface area contributed by atoms with Gasteiger partial charge in [0.2, 0.25) is 0 Å². The smallest absolute Gasteiger partial charge is 0.262 e. The Kier molecular flexibility index (Phi) is 5.91. The van der Waals surface area contributed by atoms with Crippen molar-refractivity contribution in [2.45, 2.75) is 19.3 Å². The van der Waals surface area contributed by atoms with Crippen LogP contribution in [0.15, 0.2) is 46.9 Å². The maximum Gasteiger partial charge on any atom is 0.262 e. The van der Waals surface area contributed by atoms with Crippen molar-refractivity contribution in [1.29, 1.82) is 0 Å². The van der Waals surface area contributed by atoms with Crippen LogP contribution in [0.4, 0.5) is 15.8 Å². The summed E-state index contributed by atoms with van der Waals surface area (Å²) in [6, 6.07) is 12.0. The molecule has 0 unspecified atom stereocenters. The van der Waals surface area contributed by atoms with Crippen LogP contribution in [0.5, 0.6) is 5.75 Å². The fourth-order valence-electron chi connectivity index (χ4n) is 2.85. The van der Waals surface area contributed by atoms with Crippen LogP contribution in [0, 0.1) is 5.82 Å². The van der Waals surface area contributed by atoms with Gasteiger partial charge in [-0.15, -0.1) is 0 Å². The zero-order valence-corrected chi connectivity index (χ0v) is 15.4. The largest absolute Gasteiger partial charge is 0.484 e. The second kappa shape index (κ2) is 8.34. The zero-order valence-electron chi connectivity index (χ0n) is 13.8. The van der Waals surface area contributed by atoms with Crippen molar-refractivity contribution in [3.63, 3.8) is 0 Å². The minimum Gasteiger partial charge on any atom is -0.484 e. The van der Waals surface area contributed by atoms with Gasteiger partial charge >= 0.3 is 0 Å². The molecule has 1 aliphatic heterocycles. The number of hydrogen-bond acceptors (Lipinski definition) is 3. The number of carbonyl (C=O) groups excluding carboxylic acids is 1. The molecule has 2 aromatic rings. The summed E-state index contributed by atoms with van der Waals surface area (Å²) in [4.78, 5) is 14.0. The van der Waals surface area contributed by atoms with Gasteiger partial charge in [-0.3, -0.25) is 4.79 Å². The van der Waals surface area contributed by atoms with Crippen LogP contribution in [-0.2, 0) is 4.79 Å². The quantitative estimate of drug-likeness (QED) is 0.788. The number of amides is 1. The fourth-order valence-corrected chi connectivity index (χ4v) is 3.12. The minimum absolute atomic E-state index is 0.128. The molecule has 1 N–H and O–H groups in total. The maximum atomic E-state index is 14.3. The first-order valence-electron chi connectivity index (χ1n) is 8.34. The molecule has 1 fully saturated rings. The number of anilines is 2. The van der Waals surface area contributed by atoms with Crippen LogP contribution in [0.2, 0.25) is 0 Å². The molecule has 0 aliphatic carbocycles. The first-order chi connectivity index (χ1) is 12.1. The Hall–Kier alpha value is -2.08. The predicted molar refractivity (Wildman–Crippen MR) is 101 cm³/mol. The highest BCUT2D eigenvalue weighted by molar-refractivity contribution is 9.10. The van der Waals surface area contributed by atoms with E-state index in [4.69, 9.17) is 4.74 Å². The predicted octanol–water partition coefficient (Wildman–Crippen LogP) is 4.60. The maximum absolute atomic E-state index is 14.3. The third-order valence-electron chi connectivity index (χ3n) is 4.11. The first kappa shape index (κ1) is 17.7. The van der Waals surface area contributed by atoms with Gasteiger partial charge in [-0.1, -0.05) is 15.9 Å². The molecule has 0 spiro atoms. The van der Waals surface area contributed by atoms with Gasteiger partial charge in [0.1, 0.15) is 11.6 Å². The zero-order chi connectivity index (χ0) is 17.6. The van der Waals surface area contributed by atoms with Crippen molar-refractivity contribution in [3.05, 3.63) is 52.8 Å². The standard InChI is InChI=1S/C19H20BrFN2O2/c20-14-4-7-16(8-5-14)25-13-19(24)22-15-6-9-18(17(21)12-15)23-10-2-1-3-11-23/h4-9,12H,1-3,10-11,13H2,(H,22,24).